The van der Waals surface area contributed by atoms with Crippen LogP contribution in [0.2, 0.25) is 5.02 Å². The molecule has 0 aliphatic carbocycles. The van der Waals surface area contributed by atoms with Gasteiger partial charge in [-0.25, -0.2) is 0 Å². The predicted molar refractivity (Wildman–Crippen MR) is 85.1 cm³/mol. The molecule has 20 heavy (non-hydrogen) atoms. The minimum atomic E-state index is 0.259. The maximum Gasteiger partial charge on any atom is 0.169 e. The van der Waals surface area contributed by atoms with E-state index in [2.05, 4.69) is 0 Å². The SMILES string of the molecule is COc1cc(C)ccc1Oc1ccc(C(N)=S)c(Cl)c1. The smallest absolute Gasteiger partial charge is 0.169 e. The summed E-state index contributed by atoms with van der Waals surface area (Å²) in [6.07, 6.45) is 0. The summed E-state index contributed by atoms with van der Waals surface area (Å²) >= 11 is 11.0. The van der Waals surface area contributed by atoms with Crippen LogP contribution in [0.4, 0.5) is 0 Å². The van der Waals surface area contributed by atoms with Crippen molar-refractivity contribution in [3.8, 4) is 17.2 Å². The Morgan fingerprint density at radius 3 is 2.50 bits per heavy atom. The number of hydrogen-bond acceptors (Lipinski definition) is 3. The van der Waals surface area contributed by atoms with Gasteiger partial charge in [0, 0.05) is 11.6 Å². The van der Waals surface area contributed by atoms with Gasteiger partial charge < -0.3 is 15.2 Å². The summed E-state index contributed by atoms with van der Waals surface area (Å²) in [5.74, 6) is 1.88. The van der Waals surface area contributed by atoms with E-state index in [0.29, 0.717) is 27.8 Å². The number of nitrogens with two attached hydrogens (primary N) is 1. The Bertz CT molecular complexity index is 658. The topological polar surface area (TPSA) is 44.5 Å². The molecule has 2 aromatic carbocycles. The van der Waals surface area contributed by atoms with Gasteiger partial charge in [-0.1, -0.05) is 29.9 Å². The minimum absolute atomic E-state index is 0.259. The van der Waals surface area contributed by atoms with Gasteiger partial charge in [0.1, 0.15) is 10.7 Å². The van der Waals surface area contributed by atoms with E-state index in [0.717, 1.165) is 5.56 Å². The van der Waals surface area contributed by atoms with Crippen molar-refractivity contribution in [1.82, 2.24) is 0 Å². The van der Waals surface area contributed by atoms with Gasteiger partial charge in [-0.3, -0.25) is 0 Å². The minimum Gasteiger partial charge on any atom is -0.493 e. The molecule has 2 rings (SSSR count). The molecule has 0 saturated heterocycles. The van der Waals surface area contributed by atoms with E-state index < -0.39 is 0 Å². The van der Waals surface area contributed by atoms with E-state index in [9.17, 15) is 0 Å². The third-order valence-corrected chi connectivity index (χ3v) is 3.29. The van der Waals surface area contributed by atoms with Crippen LogP contribution < -0.4 is 15.2 Å². The molecule has 104 valence electrons. The summed E-state index contributed by atoms with van der Waals surface area (Å²) < 4.78 is 11.1. The number of rotatable bonds is 4. The molecule has 0 saturated carbocycles. The van der Waals surface area contributed by atoms with Crippen LogP contribution >= 0.6 is 23.8 Å². The van der Waals surface area contributed by atoms with E-state index in [1.807, 2.05) is 25.1 Å². The molecule has 0 heterocycles. The van der Waals surface area contributed by atoms with Crippen LogP contribution in [0.15, 0.2) is 36.4 Å². The van der Waals surface area contributed by atoms with Crippen LogP contribution in [-0.4, -0.2) is 12.1 Å². The molecule has 0 aliphatic heterocycles. The summed E-state index contributed by atoms with van der Waals surface area (Å²) in [6, 6.07) is 10.9. The normalized spacial score (nSPS) is 10.2. The second-order valence-electron chi connectivity index (χ2n) is 4.26. The van der Waals surface area contributed by atoms with Gasteiger partial charge in [-0.2, -0.15) is 0 Å². The highest BCUT2D eigenvalue weighted by atomic mass is 35.5. The fourth-order valence-corrected chi connectivity index (χ4v) is 2.25. The Morgan fingerprint density at radius 2 is 1.90 bits per heavy atom. The molecule has 3 nitrogen and oxygen atoms in total. The summed E-state index contributed by atoms with van der Waals surface area (Å²) in [6.45, 7) is 1.99. The van der Waals surface area contributed by atoms with Gasteiger partial charge in [-0.15, -0.1) is 0 Å². The zero-order valence-electron chi connectivity index (χ0n) is 11.1. The van der Waals surface area contributed by atoms with Crippen LogP contribution in [0, 0.1) is 6.92 Å². The molecule has 0 spiro atoms. The average Bonchev–Trinajstić information content (AvgIpc) is 2.40. The molecular weight excluding hydrogens is 294 g/mol. The molecule has 0 bridgehead atoms. The van der Waals surface area contributed by atoms with Crippen molar-refractivity contribution in [2.75, 3.05) is 7.11 Å². The molecule has 5 heteroatoms. The maximum absolute atomic E-state index is 6.11. The fraction of sp³-hybridized carbons (Fsp3) is 0.133. The molecule has 0 fully saturated rings. The van der Waals surface area contributed by atoms with Gasteiger partial charge in [-0.05, 0) is 36.8 Å². The van der Waals surface area contributed by atoms with E-state index in [1.54, 1.807) is 25.3 Å². The average molecular weight is 308 g/mol. The van der Waals surface area contributed by atoms with Crippen LogP contribution in [0.25, 0.3) is 0 Å². The number of aryl methyl sites for hydroxylation is 1. The van der Waals surface area contributed by atoms with Gasteiger partial charge >= 0.3 is 0 Å². The largest absolute Gasteiger partial charge is 0.493 e. The number of benzene rings is 2. The second kappa shape index (κ2) is 6.11. The number of ether oxygens (including phenoxy) is 2. The van der Waals surface area contributed by atoms with E-state index in [-0.39, 0.29) is 4.99 Å². The van der Waals surface area contributed by atoms with Crippen molar-refractivity contribution in [2.24, 2.45) is 5.73 Å². The van der Waals surface area contributed by atoms with Crippen molar-refractivity contribution in [3.63, 3.8) is 0 Å². The molecule has 0 radical (unpaired) electrons. The maximum atomic E-state index is 6.11. The molecule has 0 amide bonds. The van der Waals surface area contributed by atoms with Crippen molar-refractivity contribution in [1.29, 1.82) is 0 Å². The molecule has 0 atom stereocenters. The first kappa shape index (κ1) is 14.6. The predicted octanol–water partition coefficient (Wildman–Crippen LogP) is 4.08. The molecule has 2 aromatic rings. The monoisotopic (exact) mass is 307 g/mol. The first-order valence-electron chi connectivity index (χ1n) is 5.93. The number of thiocarbonyl (C=S) groups is 1. The Kier molecular flexibility index (Phi) is 4.47. The van der Waals surface area contributed by atoms with Crippen LogP contribution in [0.3, 0.4) is 0 Å². The quantitative estimate of drug-likeness (QED) is 0.864. The van der Waals surface area contributed by atoms with Gasteiger partial charge in [0.25, 0.3) is 0 Å². The highest BCUT2D eigenvalue weighted by molar-refractivity contribution is 7.80. The molecular formula is C15H14ClNO2S. The van der Waals surface area contributed by atoms with E-state index in [4.69, 9.17) is 39.0 Å². The summed E-state index contributed by atoms with van der Waals surface area (Å²) in [7, 11) is 1.60. The third-order valence-electron chi connectivity index (χ3n) is 2.75. The highest BCUT2D eigenvalue weighted by Crippen LogP contribution is 2.33. The molecule has 0 aliphatic rings. The fourth-order valence-electron chi connectivity index (χ4n) is 1.75. The Hall–Kier alpha value is -1.78. The Morgan fingerprint density at radius 1 is 1.15 bits per heavy atom. The van der Waals surface area contributed by atoms with Crippen molar-refractivity contribution in [3.05, 3.63) is 52.5 Å². The lowest BCUT2D eigenvalue weighted by molar-refractivity contribution is 0.378. The molecule has 2 N–H and O–H groups in total. The van der Waals surface area contributed by atoms with E-state index >= 15 is 0 Å². The summed E-state index contributed by atoms with van der Waals surface area (Å²) in [5.41, 5.74) is 7.29. The number of halogens is 1. The third kappa shape index (κ3) is 3.21. The van der Waals surface area contributed by atoms with Gasteiger partial charge in [0.2, 0.25) is 0 Å². The molecule has 0 unspecified atom stereocenters. The van der Waals surface area contributed by atoms with E-state index in [1.165, 1.54) is 0 Å². The first-order chi connectivity index (χ1) is 9.51. The van der Waals surface area contributed by atoms with Crippen molar-refractivity contribution >= 4 is 28.8 Å². The zero-order valence-corrected chi connectivity index (χ0v) is 12.7. The zero-order chi connectivity index (χ0) is 14.7. The lowest BCUT2D eigenvalue weighted by atomic mass is 10.2. The summed E-state index contributed by atoms with van der Waals surface area (Å²) in [5, 5.41) is 0.459. The van der Waals surface area contributed by atoms with Crippen LogP contribution in [-0.2, 0) is 0 Å². The highest BCUT2D eigenvalue weighted by Gasteiger charge is 2.09. The van der Waals surface area contributed by atoms with Crippen LogP contribution in [0.1, 0.15) is 11.1 Å². The summed E-state index contributed by atoms with van der Waals surface area (Å²) in [4.78, 5) is 0.259. The van der Waals surface area contributed by atoms with Gasteiger partial charge in [0.15, 0.2) is 11.5 Å². The molecule has 0 aromatic heterocycles. The van der Waals surface area contributed by atoms with Gasteiger partial charge in [0.05, 0.1) is 12.1 Å². The Labute approximate surface area is 128 Å². The Balaban J connectivity index is 2.31. The number of methoxy groups -OCH3 is 1. The number of hydrogen-bond donors (Lipinski definition) is 1. The van der Waals surface area contributed by atoms with Crippen molar-refractivity contribution < 1.29 is 9.47 Å². The van der Waals surface area contributed by atoms with Crippen molar-refractivity contribution in [2.45, 2.75) is 6.92 Å². The standard InChI is InChI=1S/C15H14ClNO2S/c1-9-3-6-13(14(7-9)18-2)19-10-4-5-11(15(17)20)12(16)8-10/h3-8H,1-2H3,(H2,17,20). The lowest BCUT2D eigenvalue weighted by Gasteiger charge is -2.12. The second-order valence-corrected chi connectivity index (χ2v) is 5.11. The van der Waals surface area contributed by atoms with Crippen LogP contribution in [0.5, 0.6) is 17.2 Å². The lowest BCUT2D eigenvalue weighted by Crippen LogP contribution is -2.09. The first-order valence-corrected chi connectivity index (χ1v) is 6.71.